The molecule has 6 nitrogen and oxygen atoms in total. The van der Waals surface area contributed by atoms with Crippen LogP contribution in [0.1, 0.15) is 361 Å². The molecule has 0 amide bonds. The molecule has 0 saturated heterocycles. The van der Waals surface area contributed by atoms with Crippen molar-refractivity contribution in [3.63, 3.8) is 0 Å². The molecule has 6 heteroatoms. The van der Waals surface area contributed by atoms with Gasteiger partial charge in [0.25, 0.3) is 0 Å². The molecule has 0 radical (unpaired) electrons. The number of carbonyl (C=O) groups excluding carboxylic acids is 3. The summed E-state index contributed by atoms with van der Waals surface area (Å²) < 4.78 is 16.9. The second kappa shape index (κ2) is 70.1. The zero-order valence-electron chi connectivity index (χ0n) is 54.5. The van der Waals surface area contributed by atoms with Gasteiger partial charge in [-0.3, -0.25) is 14.4 Å². The third-order valence-electron chi connectivity index (χ3n) is 15.6. The van der Waals surface area contributed by atoms with Gasteiger partial charge in [0.05, 0.1) is 0 Å². The van der Waals surface area contributed by atoms with Crippen LogP contribution in [-0.2, 0) is 28.6 Å². The molecule has 0 N–H and O–H groups in total. The number of allylic oxidation sites excluding steroid dienone is 14. The lowest BCUT2D eigenvalue weighted by Crippen LogP contribution is -2.30. The number of ether oxygens (including phenoxy) is 3. The highest BCUT2D eigenvalue weighted by atomic mass is 16.6. The van der Waals surface area contributed by atoms with Crippen molar-refractivity contribution in [2.75, 3.05) is 13.2 Å². The maximum absolute atomic E-state index is 12.9. The first-order valence-electron chi connectivity index (χ1n) is 35.6. The molecule has 474 valence electrons. The van der Waals surface area contributed by atoms with E-state index in [0.717, 1.165) is 96.3 Å². The summed E-state index contributed by atoms with van der Waals surface area (Å²) in [7, 11) is 0. The van der Waals surface area contributed by atoms with Gasteiger partial charge in [0.2, 0.25) is 0 Å². The van der Waals surface area contributed by atoms with E-state index in [1.165, 1.54) is 225 Å². The molecule has 0 aliphatic carbocycles. The van der Waals surface area contributed by atoms with Gasteiger partial charge in [0.1, 0.15) is 13.2 Å². The third-order valence-corrected chi connectivity index (χ3v) is 15.6. The highest BCUT2D eigenvalue weighted by Crippen LogP contribution is 2.18. The third kappa shape index (κ3) is 67.4. The Balaban J connectivity index is 4.02. The van der Waals surface area contributed by atoms with E-state index in [1.807, 2.05) is 0 Å². The van der Waals surface area contributed by atoms with Gasteiger partial charge in [0.15, 0.2) is 6.10 Å². The molecule has 0 aliphatic heterocycles. The SMILES string of the molecule is CC/C=C\C/C=C\C/C=C\C/C=C\C/C=C\C/C=C\CCCCCCCCCCCCCCC(=O)OCC(COC(=O)CCCCCCCC)OC(=O)CCCCCCCCCCCCCCCCC/C=C\CCCCCCCCCC. The quantitative estimate of drug-likeness (QED) is 0.0261. The van der Waals surface area contributed by atoms with Gasteiger partial charge in [-0.15, -0.1) is 0 Å². The van der Waals surface area contributed by atoms with Crippen molar-refractivity contribution in [2.24, 2.45) is 0 Å². The molecule has 0 saturated carbocycles. The maximum Gasteiger partial charge on any atom is 0.306 e. The molecule has 0 bridgehead atoms. The Morgan fingerprint density at radius 2 is 0.476 bits per heavy atom. The van der Waals surface area contributed by atoms with E-state index in [1.54, 1.807) is 0 Å². The van der Waals surface area contributed by atoms with Gasteiger partial charge < -0.3 is 14.2 Å². The standard InChI is InChI=1S/C76H134O6/c1-4-7-10-13-16-18-20-22-24-26-28-30-32-34-36-37-38-39-41-42-44-46-48-50-52-54-56-58-60-63-66-69-75(78)81-72-73(71-80-74(77)68-65-62-15-12-9-6-3)82-76(79)70-67-64-61-59-57-55-53-51-49-47-45-43-40-35-33-31-29-27-25-23-21-19-17-14-11-8-5-2/h7,10,16,18,22,24,27-30,34,36,38-39,73H,4-6,8-9,11-15,17,19-21,23,25-26,31-33,35,37,40-72H2,1-3H3/b10-7-,18-16-,24-22-,29-27-,30-28-,36-34-,39-38-. The summed E-state index contributed by atoms with van der Waals surface area (Å²) in [5.74, 6) is -0.868. The van der Waals surface area contributed by atoms with E-state index in [2.05, 4.69) is 106 Å². The first kappa shape index (κ1) is 78.6. The molecule has 0 aromatic rings. The molecule has 0 fully saturated rings. The summed E-state index contributed by atoms with van der Waals surface area (Å²) in [5, 5.41) is 0. The van der Waals surface area contributed by atoms with Crippen LogP contribution in [0.2, 0.25) is 0 Å². The van der Waals surface area contributed by atoms with Crippen LogP contribution in [0.4, 0.5) is 0 Å². The molecule has 0 aromatic carbocycles. The lowest BCUT2D eigenvalue weighted by molar-refractivity contribution is -0.167. The number of esters is 3. The summed E-state index contributed by atoms with van der Waals surface area (Å²) in [6.07, 6.45) is 93.7. The molecule has 1 atom stereocenters. The molecular formula is C76H134O6. The van der Waals surface area contributed by atoms with Gasteiger partial charge in [0, 0.05) is 19.3 Å². The van der Waals surface area contributed by atoms with Crippen molar-refractivity contribution >= 4 is 17.9 Å². The molecule has 1 unspecified atom stereocenters. The minimum atomic E-state index is -0.773. The zero-order chi connectivity index (χ0) is 59.2. The Morgan fingerprint density at radius 3 is 0.756 bits per heavy atom. The Labute approximate surface area is 509 Å². The molecule has 0 aliphatic rings. The van der Waals surface area contributed by atoms with Crippen LogP contribution >= 0.6 is 0 Å². The Morgan fingerprint density at radius 1 is 0.256 bits per heavy atom. The fourth-order valence-electron chi connectivity index (χ4n) is 10.3. The summed E-state index contributed by atoms with van der Waals surface area (Å²) in [5.41, 5.74) is 0. The van der Waals surface area contributed by atoms with E-state index in [4.69, 9.17) is 14.2 Å². The fraction of sp³-hybridized carbons (Fsp3) is 0.776. The fourth-order valence-corrected chi connectivity index (χ4v) is 10.3. The van der Waals surface area contributed by atoms with Crippen LogP contribution in [-0.4, -0.2) is 37.2 Å². The highest BCUT2D eigenvalue weighted by molar-refractivity contribution is 5.71. The van der Waals surface area contributed by atoms with E-state index < -0.39 is 6.10 Å². The Hall–Kier alpha value is -3.41. The number of unbranched alkanes of at least 4 members (excludes halogenated alkanes) is 40. The average molecular weight is 1140 g/mol. The molecule has 82 heavy (non-hydrogen) atoms. The van der Waals surface area contributed by atoms with Crippen LogP contribution in [0.3, 0.4) is 0 Å². The topological polar surface area (TPSA) is 78.9 Å². The van der Waals surface area contributed by atoms with Crippen molar-refractivity contribution in [2.45, 2.75) is 367 Å². The van der Waals surface area contributed by atoms with Crippen molar-refractivity contribution in [3.05, 3.63) is 85.1 Å². The molecule has 0 rings (SSSR count). The summed E-state index contributed by atoms with van der Waals surface area (Å²) in [6.45, 7) is 6.51. The zero-order valence-corrected chi connectivity index (χ0v) is 54.5. The smallest absolute Gasteiger partial charge is 0.306 e. The van der Waals surface area contributed by atoms with Crippen molar-refractivity contribution < 1.29 is 28.6 Å². The van der Waals surface area contributed by atoms with Crippen molar-refractivity contribution in [1.29, 1.82) is 0 Å². The summed E-state index contributed by atoms with van der Waals surface area (Å²) in [4.78, 5) is 38.1. The second-order valence-electron chi connectivity index (χ2n) is 23.8. The number of rotatable bonds is 65. The predicted molar refractivity (Wildman–Crippen MR) is 358 cm³/mol. The molecule has 0 aromatic heterocycles. The summed E-state index contributed by atoms with van der Waals surface area (Å²) in [6, 6.07) is 0. The number of hydrogen-bond donors (Lipinski definition) is 0. The lowest BCUT2D eigenvalue weighted by Gasteiger charge is -2.18. The van der Waals surface area contributed by atoms with Crippen molar-refractivity contribution in [1.82, 2.24) is 0 Å². The second-order valence-corrected chi connectivity index (χ2v) is 23.8. The van der Waals surface area contributed by atoms with E-state index in [9.17, 15) is 14.4 Å². The number of carbonyl (C=O) groups is 3. The van der Waals surface area contributed by atoms with E-state index >= 15 is 0 Å². The first-order valence-corrected chi connectivity index (χ1v) is 35.6. The highest BCUT2D eigenvalue weighted by Gasteiger charge is 2.19. The Bertz CT molecular complexity index is 1550. The van der Waals surface area contributed by atoms with E-state index in [-0.39, 0.29) is 31.1 Å². The van der Waals surface area contributed by atoms with Gasteiger partial charge >= 0.3 is 17.9 Å². The predicted octanol–water partition coefficient (Wildman–Crippen LogP) is 24.6. The summed E-state index contributed by atoms with van der Waals surface area (Å²) >= 11 is 0. The van der Waals surface area contributed by atoms with Crippen molar-refractivity contribution in [3.8, 4) is 0 Å². The minimum Gasteiger partial charge on any atom is -0.462 e. The van der Waals surface area contributed by atoms with Crippen LogP contribution < -0.4 is 0 Å². The maximum atomic E-state index is 12.9. The van der Waals surface area contributed by atoms with Gasteiger partial charge in [-0.1, -0.05) is 331 Å². The molecule has 0 spiro atoms. The first-order chi connectivity index (χ1) is 40.5. The van der Waals surface area contributed by atoms with Crippen LogP contribution in [0, 0.1) is 0 Å². The van der Waals surface area contributed by atoms with Gasteiger partial charge in [-0.05, 0) is 96.3 Å². The van der Waals surface area contributed by atoms with Gasteiger partial charge in [-0.2, -0.15) is 0 Å². The lowest BCUT2D eigenvalue weighted by atomic mass is 10.0. The molecular weight excluding hydrogens is 1010 g/mol. The van der Waals surface area contributed by atoms with Crippen LogP contribution in [0.25, 0.3) is 0 Å². The average Bonchev–Trinajstić information content (AvgIpc) is 3.47. The Kier molecular flexibility index (Phi) is 67.2. The number of hydrogen-bond acceptors (Lipinski definition) is 6. The monoisotopic (exact) mass is 1140 g/mol. The minimum absolute atomic E-state index is 0.0731. The van der Waals surface area contributed by atoms with Gasteiger partial charge in [-0.25, -0.2) is 0 Å². The van der Waals surface area contributed by atoms with Crippen LogP contribution in [0.15, 0.2) is 85.1 Å². The van der Waals surface area contributed by atoms with Crippen LogP contribution in [0.5, 0.6) is 0 Å². The van der Waals surface area contributed by atoms with E-state index in [0.29, 0.717) is 19.3 Å². The largest absolute Gasteiger partial charge is 0.462 e. The normalized spacial score (nSPS) is 12.6. The molecule has 0 heterocycles.